The molecule has 0 aromatic heterocycles. The molecule has 0 spiro atoms. The number of carbonyl (C=O) groups is 3. The summed E-state index contributed by atoms with van der Waals surface area (Å²) in [6.07, 6.45) is 0. The number of nitrogens with one attached hydrogen (secondary N) is 1. The number of amides is 2. The Hall–Kier alpha value is -1.63. The molecule has 0 aromatic rings. The van der Waals surface area contributed by atoms with Gasteiger partial charge in [0.25, 0.3) is 0 Å². The van der Waals surface area contributed by atoms with E-state index in [1.54, 1.807) is 11.8 Å². The van der Waals surface area contributed by atoms with E-state index in [1.807, 2.05) is 13.8 Å². The van der Waals surface area contributed by atoms with Gasteiger partial charge in [-0.05, 0) is 12.8 Å². The van der Waals surface area contributed by atoms with E-state index in [4.69, 9.17) is 9.84 Å². The Balaban J connectivity index is 2.54. The van der Waals surface area contributed by atoms with Gasteiger partial charge in [-0.1, -0.05) is 13.8 Å². The van der Waals surface area contributed by atoms with E-state index in [2.05, 4.69) is 5.32 Å². The Morgan fingerprint density at radius 1 is 1.35 bits per heavy atom. The third-order valence-corrected chi connectivity index (χ3v) is 3.20. The number of nitrogens with zero attached hydrogens (tertiary/aromatic N) is 1. The van der Waals surface area contributed by atoms with Crippen molar-refractivity contribution in [3.63, 3.8) is 0 Å². The van der Waals surface area contributed by atoms with E-state index in [0.717, 1.165) is 0 Å². The number of ether oxygens (including phenoxy) is 1. The highest BCUT2D eigenvalue weighted by Gasteiger charge is 2.44. The molecule has 1 unspecified atom stereocenters. The maximum absolute atomic E-state index is 12.3. The summed E-state index contributed by atoms with van der Waals surface area (Å²) in [4.78, 5) is 35.4. The molecule has 1 heterocycles. The molecule has 2 N–H and O–H groups in total. The molecule has 1 fully saturated rings. The highest BCUT2D eigenvalue weighted by Crippen LogP contribution is 2.26. The van der Waals surface area contributed by atoms with Gasteiger partial charge in [-0.3, -0.25) is 9.59 Å². The Kier molecular flexibility index (Phi) is 5.10. The normalized spacial score (nSPS) is 18.4. The van der Waals surface area contributed by atoms with Gasteiger partial charge >= 0.3 is 5.97 Å². The first-order valence-corrected chi connectivity index (χ1v) is 6.56. The largest absolute Gasteiger partial charge is 0.480 e. The Bertz CT molecular complexity index is 402. The van der Waals surface area contributed by atoms with Crippen LogP contribution < -0.4 is 5.32 Å². The second kappa shape index (κ2) is 6.21. The van der Waals surface area contributed by atoms with Crippen LogP contribution in [0.1, 0.15) is 27.7 Å². The molecule has 0 aliphatic carbocycles. The van der Waals surface area contributed by atoms with Crippen molar-refractivity contribution in [1.82, 2.24) is 10.2 Å². The van der Waals surface area contributed by atoms with Gasteiger partial charge in [0.2, 0.25) is 11.8 Å². The lowest BCUT2D eigenvalue weighted by atomic mass is 9.93. The minimum Gasteiger partial charge on any atom is -0.480 e. The van der Waals surface area contributed by atoms with Crippen molar-refractivity contribution in [2.75, 3.05) is 19.7 Å². The number of rotatable bonds is 6. The summed E-state index contributed by atoms with van der Waals surface area (Å²) in [5.74, 6) is -1.46. The lowest BCUT2D eigenvalue weighted by Gasteiger charge is -2.48. The highest BCUT2D eigenvalue weighted by atomic mass is 16.5. The fraction of sp³-hybridized carbons (Fsp3) is 0.769. The minimum atomic E-state index is -1.03. The predicted molar refractivity (Wildman–Crippen MR) is 71.0 cm³/mol. The number of hydrogen-bond donors (Lipinski definition) is 2. The first kappa shape index (κ1) is 16.4. The molecule has 20 heavy (non-hydrogen) atoms. The van der Waals surface area contributed by atoms with Gasteiger partial charge in [-0.25, -0.2) is 4.79 Å². The van der Waals surface area contributed by atoms with E-state index < -0.39 is 17.6 Å². The van der Waals surface area contributed by atoms with Gasteiger partial charge in [0.1, 0.15) is 18.2 Å². The molecule has 7 nitrogen and oxygen atoms in total. The van der Waals surface area contributed by atoms with Gasteiger partial charge in [-0.15, -0.1) is 0 Å². The molecule has 1 atom stereocenters. The Morgan fingerprint density at radius 2 is 1.90 bits per heavy atom. The van der Waals surface area contributed by atoms with Crippen molar-refractivity contribution in [3.05, 3.63) is 0 Å². The molecule has 1 aliphatic rings. The number of hydrogen-bond acceptors (Lipinski definition) is 4. The lowest BCUT2D eigenvalue weighted by Crippen LogP contribution is -2.67. The topological polar surface area (TPSA) is 95.9 Å². The van der Waals surface area contributed by atoms with Gasteiger partial charge in [0.05, 0.1) is 13.1 Å². The molecule has 114 valence electrons. The molecule has 1 saturated heterocycles. The van der Waals surface area contributed by atoms with Crippen LogP contribution in [-0.2, 0) is 19.1 Å². The zero-order valence-electron chi connectivity index (χ0n) is 12.3. The minimum absolute atomic E-state index is 0.0156. The quantitative estimate of drug-likeness (QED) is 0.708. The molecular formula is C13H22N2O5. The summed E-state index contributed by atoms with van der Waals surface area (Å²) < 4.78 is 5.25. The van der Waals surface area contributed by atoms with Gasteiger partial charge < -0.3 is 20.1 Å². The number of carboxylic acid groups (broad SMARTS) is 1. The van der Waals surface area contributed by atoms with Crippen LogP contribution in [0.2, 0.25) is 0 Å². The van der Waals surface area contributed by atoms with Gasteiger partial charge in [0, 0.05) is 6.92 Å². The number of carbonyl (C=O) groups excluding carboxylic acids is 2. The molecule has 1 rings (SSSR count). The molecule has 0 bridgehead atoms. The van der Waals surface area contributed by atoms with Crippen molar-refractivity contribution in [2.45, 2.75) is 39.3 Å². The zero-order chi connectivity index (χ0) is 15.5. The van der Waals surface area contributed by atoms with Gasteiger partial charge in [-0.2, -0.15) is 0 Å². The van der Waals surface area contributed by atoms with Crippen LogP contribution in [-0.4, -0.2) is 59.1 Å². The van der Waals surface area contributed by atoms with Crippen LogP contribution in [0.3, 0.4) is 0 Å². The first-order valence-electron chi connectivity index (χ1n) is 6.56. The fourth-order valence-electron chi connectivity index (χ4n) is 2.17. The molecule has 0 aromatic carbocycles. The van der Waals surface area contributed by atoms with Gasteiger partial charge in [0.15, 0.2) is 0 Å². The maximum Gasteiger partial charge on any atom is 0.329 e. The second-order valence-corrected chi connectivity index (χ2v) is 5.75. The van der Waals surface area contributed by atoms with E-state index in [-0.39, 0.29) is 24.3 Å². The summed E-state index contributed by atoms with van der Waals surface area (Å²) in [5, 5.41) is 11.2. The maximum atomic E-state index is 12.3. The van der Waals surface area contributed by atoms with Crippen molar-refractivity contribution in [3.8, 4) is 0 Å². The van der Waals surface area contributed by atoms with Crippen molar-refractivity contribution < 1.29 is 24.2 Å². The zero-order valence-corrected chi connectivity index (χ0v) is 12.3. The predicted octanol–water partition coefficient (Wildman–Crippen LogP) is -0.151. The molecule has 0 saturated carbocycles. The molecule has 2 amide bonds. The van der Waals surface area contributed by atoms with E-state index >= 15 is 0 Å². The van der Waals surface area contributed by atoms with Crippen molar-refractivity contribution in [2.24, 2.45) is 5.92 Å². The van der Waals surface area contributed by atoms with E-state index in [1.165, 1.54) is 6.92 Å². The third kappa shape index (κ3) is 4.19. The summed E-state index contributed by atoms with van der Waals surface area (Å²) >= 11 is 0. The number of carboxylic acids is 1. The monoisotopic (exact) mass is 286 g/mol. The van der Waals surface area contributed by atoms with Crippen LogP contribution >= 0.6 is 0 Å². The molecule has 7 heteroatoms. The average molecular weight is 286 g/mol. The number of aliphatic carboxylic acids is 1. The third-order valence-electron chi connectivity index (χ3n) is 3.20. The second-order valence-electron chi connectivity index (χ2n) is 5.75. The lowest BCUT2D eigenvalue weighted by molar-refractivity contribution is -0.175. The summed E-state index contributed by atoms with van der Waals surface area (Å²) in [5.41, 5.74) is -0.619. The highest BCUT2D eigenvalue weighted by molar-refractivity contribution is 5.87. The molecular weight excluding hydrogens is 264 g/mol. The smallest absolute Gasteiger partial charge is 0.329 e. The Morgan fingerprint density at radius 3 is 2.30 bits per heavy atom. The van der Waals surface area contributed by atoms with Crippen LogP contribution in [0.25, 0.3) is 0 Å². The van der Waals surface area contributed by atoms with Crippen LogP contribution in [0, 0.1) is 5.92 Å². The van der Waals surface area contributed by atoms with E-state index in [0.29, 0.717) is 13.1 Å². The Labute approximate surface area is 118 Å². The fourth-order valence-corrected chi connectivity index (χ4v) is 2.17. The average Bonchev–Trinajstić information content (AvgIpc) is 2.28. The summed E-state index contributed by atoms with van der Waals surface area (Å²) in [7, 11) is 0. The first-order chi connectivity index (χ1) is 9.14. The van der Waals surface area contributed by atoms with Crippen molar-refractivity contribution >= 4 is 17.8 Å². The van der Waals surface area contributed by atoms with Crippen molar-refractivity contribution in [1.29, 1.82) is 0 Å². The van der Waals surface area contributed by atoms with E-state index in [9.17, 15) is 14.4 Å². The number of likely N-dealkylation sites (tertiary alicyclic amines) is 1. The SMILES string of the molecule is CC(=O)NC(C(=O)N1CC(C)(OCC(=O)O)C1)C(C)C. The molecule has 0 radical (unpaired) electrons. The van der Waals surface area contributed by atoms with Crippen LogP contribution in [0.4, 0.5) is 0 Å². The van der Waals surface area contributed by atoms with Crippen LogP contribution in [0.5, 0.6) is 0 Å². The molecule has 1 aliphatic heterocycles. The summed E-state index contributed by atoms with van der Waals surface area (Å²) in [6.45, 7) is 7.15. The summed E-state index contributed by atoms with van der Waals surface area (Å²) in [6, 6.07) is -0.559. The van der Waals surface area contributed by atoms with Crippen LogP contribution in [0.15, 0.2) is 0 Å². The standard InChI is InChI=1S/C13H22N2O5/c1-8(2)11(14-9(3)16)12(19)15-6-13(4,7-15)20-5-10(17)18/h8,11H,5-7H2,1-4H3,(H,14,16)(H,17,18).